The van der Waals surface area contributed by atoms with E-state index in [0.717, 1.165) is 12.1 Å². The van der Waals surface area contributed by atoms with Gasteiger partial charge < -0.3 is 14.2 Å². The Morgan fingerprint density at radius 1 is 0.969 bits per heavy atom. The summed E-state index contributed by atoms with van der Waals surface area (Å²) in [5, 5.41) is 0.445. The van der Waals surface area contributed by atoms with E-state index >= 15 is 0 Å². The lowest BCUT2D eigenvalue weighted by atomic mass is 9.94. The Bertz CT molecular complexity index is 1150. The second kappa shape index (κ2) is 9.70. The number of likely N-dealkylation sites (N-methyl/N-ethyl adjacent to an activating group) is 2. The molecule has 0 bridgehead atoms. The van der Waals surface area contributed by atoms with E-state index in [1.807, 2.05) is 37.4 Å². The molecule has 168 valence electrons. The number of amides is 1. The van der Waals surface area contributed by atoms with Crippen LogP contribution in [0.15, 0.2) is 57.7 Å². The van der Waals surface area contributed by atoms with E-state index in [2.05, 4.69) is 11.9 Å². The Balaban J connectivity index is 1.61. The molecule has 2 aromatic carbocycles. The third kappa shape index (κ3) is 4.49. The summed E-state index contributed by atoms with van der Waals surface area (Å²) in [6.45, 7) is 3.23. The van der Waals surface area contributed by atoms with Gasteiger partial charge in [0.25, 0.3) is 5.91 Å². The minimum Gasteiger partial charge on any atom is -0.455 e. The van der Waals surface area contributed by atoms with Crippen LogP contribution < -0.4 is 5.43 Å². The SMILES string of the molecule is Cc1c(-c2ccccc2)oc2c(C(=O)N(C)CCN(C)C3CCCCC3)cccc2c1=O. The summed E-state index contributed by atoms with van der Waals surface area (Å²) in [6, 6.07) is 15.4. The van der Waals surface area contributed by atoms with Crippen molar-refractivity contribution >= 4 is 16.9 Å². The summed E-state index contributed by atoms with van der Waals surface area (Å²) >= 11 is 0. The first-order valence-corrected chi connectivity index (χ1v) is 11.5. The molecular weight excluding hydrogens is 400 g/mol. The van der Waals surface area contributed by atoms with Crippen LogP contribution in [-0.2, 0) is 0 Å². The Morgan fingerprint density at radius 3 is 2.41 bits per heavy atom. The predicted molar refractivity (Wildman–Crippen MR) is 129 cm³/mol. The first-order chi connectivity index (χ1) is 15.5. The monoisotopic (exact) mass is 432 g/mol. The highest BCUT2D eigenvalue weighted by Gasteiger charge is 2.22. The molecule has 4 rings (SSSR count). The number of carbonyl (C=O) groups is 1. The van der Waals surface area contributed by atoms with Gasteiger partial charge in [-0.2, -0.15) is 0 Å². The molecule has 1 saturated carbocycles. The van der Waals surface area contributed by atoms with E-state index < -0.39 is 0 Å². The summed E-state index contributed by atoms with van der Waals surface area (Å²) in [7, 11) is 3.97. The second-order valence-electron chi connectivity index (χ2n) is 8.93. The van der Waals surface area contributed by atoms with Gasteiger partial charge in [0.1, 0.15) is 5.76 Å². The van der Waals surface area contributed by atoms with Crippen molar-refractivity contribution in [3.05, 3.63) is 69.9 Å². The van der Waals surface area contributed by atoms with Crippen LogP contribution in [-0.4, -0.2) is 48.9 Å². The molecule has 5 nitrogen and oxygen atoms in total. The molecule has 0 aliphatic heterocycles. The fraction of sp³-hybridized carbons (Fsp3) is 0.407. The minimum atomic E-state index is -0.126. The Labute approximate surface area is 189 Å². The van der Waals surface area contributed by atoms with Gasteiger partial charge in [0, 0.05) is 37.3 Å². The first-order valence-electron chi connectivity index (χ1n) is 11.5. The quantitative estimate of drug-likeness (QED) is 0.543. The van der Waals surface area contributed by atoms with E-state index in [0.29, 0.717) is 40.4 Å². The molecule has 5 heteroatoms. The number of para-hydroxylation sites is 1. The number of hydrogen-bond donors (Lipinski definition) is 0. The molecule has 0 unspecified atom stereocenters. The van der Waals surface area contributed by atoms with E-state index in [-0.39, 0.29) is 11.3 Å². The van der Waals surface area contributed by atoms with Gasteiger partial charge in [-0.05, 0) is 38.9 Å². The fourth-order valence-electron chi connectivity index (χ4n) is 4.66. The van der Waals surface area contributed by atoms with Gasteiger partial charge in [-0.1, -0.05) is 55.7 Å². The molecule has 0 spiro atoms. The number of benzene rings is 2. The van der Waals surface area contributed by atoms with Crippen molar-refractivity contribution in [3.8, 4) is 11.3 Å². The van der Waals surface area contributed by atoms with Crippen LogP contribution in [0.3, 0.4) is 0 Å². The molecule has 32 heavy (non-hydrogen) atoms. The van der Waals surface area contributed by atoms with Crippen molar-refractivity contribution in [1.82, 2.24) is 9.80 Å². The fourth-order valence-corrected chi connectivity index (χ4v) is 4.66. The van der Waals surface area contributed by atoms with Crippen LogP contribution in [0.5, 0.6) is 0 Å². The highest BCUT2D eigenvalue weighted by atomic mass is 16.3. The van der Waals surface area contributed by atoms with Gasteiger partial charge >= 0.3 is 0 Å². The zero-order chi connectivity index (χ0) is 22.7. The zero-order valence-electron chi connectivity index (χ0n) is 19.3. The van der Waals surface area contributed by atoms with Gasteiger partial charge in [-0.15, -0.1) is 0 Å². The molecule has 1 amide bonds. The lowest BCUT2D eigenvalue weighted by molar-refractivity contribution is 0.0768. The topological polar surface area (TPSA) is 53.8 Å². The Kier molecular flexibility index (Phi) is 6.75. The maximum absolute atomic E-state index is 13.3. The summed E-state index contributed by atoms with van der Waals surface area (Å²) < 4.78 is 6.22. The van der Waals surface area contributed by atoms with Gasteiger partial charge in [0.2, 0.25) is 0 Å². The van der Waals surface area contributed by atoms with Gasteiger partial charge in [-0.25, -0.2) is 0 Å². The molecule has 1 heterocycles. The Morgan fingerprint density at radius 2 is 1.69 bits per heavy atom. The molecule has 0 N–H and O–H groups in total. The van der Waals surface area contributed by atoms with E-state index in [1.54, 1.807) is 30.0 Å². The molecule has 3 aromatic rings. The van der Waals surface area contributed by atoms with Gasteiger partial charge in [0.05, 0.1) is 10.9 Å². The van der Waals surface area contributed by atoms with Crippen molar-refractivity contribution in [2.24, 2.45) is 0 Å². The summed E-state index contributed by atoms with van der Waals surface area (Å²) in [6.07, 6.45) is 6.40. The summed E-state index contributed by atoms with van der Waals surface area (Å²) in [5.41, 5.74) is 2.07. The lowest BCUT2D eigenvalue weighted by Gasteiger charge is -2.32. The van der Waals surface area contributed by atoms with E-state index in [4.69, 9.17) is 4.42 Å². The number of rotatable bonds is 6. The molecular formula is C27H32N2O3. The minimum absolute atomic E-state index is 0.0977. The average Bonchev–Trinajstić information content (AvgIpc) is 2.84. The van der Waals surface area contributed by atoms with E-state index in [1.165, 1.54) is 32.1 Å². The van der Waals surface area contributed by atoms with Crippen LogP contribution in [0.4, 0.5) is 0 Å². The summed E-state index contributed by atoms with van der Waals surface area (Å²) in [4.78, 5) is 30.5. The largest absolute Gasteiger partial charge is 0.455 e. The Hall–Kier alpha value is -2.92. The maximum atomic E-state index is 13.3. The van der Waals surface area contributed by atoms with Crippen molar-refractivity contribution in [2.75, 3.05) is 27.2 Å². The molecule has 1 aliphatic carbocycles. The number of hydrogen-bond acceptors (Lipinski definition) is 4. The van der Waals surface area contributed by atoms with Crippen LogP contribution in [0.25, 0.3) is 22.3 Å². The van der Waals surface area contributed by atoms with Gasteiger partial charge in [-0.3, -0.25) is 9.59 Å². The second-order valence-corrected chi connectivity index (χ2v) is 8.93. The highest BCUT2D eigenvalue weighted by Crippen LogP contribution is 2.28. The van der Waals surface area contributed by atoms with Crippen molar-refractivity contribution in [2.45, 2.75) is 45.1 Å². The van der Waals surface area contributed by atoms with Crippen LogP contribution >= 0.6 is 0 Å². The lowest BCUT2D eigenvalue weighted by Crippen LogP contribution is -2.40. The van der Waals surface area contributed by atoms with Crippen LogP contribution in [0, 0.1) is 6.92 Å². The predicted octanol–water partition coefficient (Wildman–Crippen LogP) is 5.10. The first kappa shape index (κ1) is 22.3. The van der Waals surface area contributed by atoms with Crippen molar-refractivity contribution in [1.29, 1.82) is 0 Å². The zero-order valence-corrected chi connectivity index (χ0v) is 19.3. The molecule has 1 aromatic heterocycles. The molecule has 1 aliphatic rings. The van der Waals surface area contributed by atoms with Crippen molar-refractivity contribution in [3.63, 3.8) is 0 Å². The smallest absolute Gasteiger partial charge is 0.257 e. The van der Waals surface area contributed by atoms with Crippen LogP contribution in [0.1, 0.15) is 48.0 Å². The number of fused-ring (bicyclic) bond motifs is 1. The highest BCUT2D eigenvalue weighted by molar-refractivity contribution is 6.05. The normalized spacial score (nSPS) is 14.8. The molecule has 0 saturated heterocycles. The van der Waals surface area contributed by atoms with E-state index in [9.17, 15) is 9.59 Å². The molecule has 0 atom stereocenters. The number of nitrogens with zero attached hydrogens (tertiary/aromatic N) is 2. The van der Waals surface area contributed by atoms with Crippen LogP contribution in [0.2, 0.25) is 0 Å². The number of carbonyl (C=O) groups excluding carboxylic acids is 1. The summed E-state index contributed by atoms with van der Waals surface area (Å²) in [5.74, 6) is 0.390. The molecule has 1 fully saturated rings. The van der Waals surface area contributed by atoms with Gasteiger partial charge in [0.15, 0.2) is 11.0 Å². The average molecular weight is 433 g/mol. The third-order valence-corrected chi connectivity index (χ3v) is 6.74. The molecule has 0 radical (unpaired) electrons. The standard InChI is InChI=1S/C27H32N2O3/c1-19-24(30)22-15-10-16-23(26(22)32-25(19)20-11-6-4-7-12-20)27(31)29(3)18-17-28(2)21-13-8-5-9-14-21/h4,6-7,10-12,15-16,21H,5,8-9,13-14,17-18H2,1-3H3. The van der Waals surface area contributed by atoms with Crippen molar-refractivity contribution < 1.29 is 9.21 Å². The third-order valence-electron chi connectivity index (χ3n) is 6.74. The maximum Gasteiger partial charge on any atom is 0.257 e.